The maximum Gasteiger partial charge on any atom is 0.307 e. The first-order valence-electron chi connectivity index (χ1n) is 7.16. The van der Waals surface area contributed by atoms with Crippen LogP contribution in [0.4, 0.5) is 0 Å². The van der Waals surface area contributed by atoms with Crippen LogP contribution in [0.5, 0.6) is 11.5 Å². The molecule has 1 N–H and O–H groups in total. The number of hydrogen-bond acceptors (Lipinski definition) is 3. The second-order valence-electron chi connectivity index (χ2n) is 5.46. The summed E-state index contributed by atoms with van der Waals surface area (Å²) in [6, 6.07) is 15.3. The summed E-state index contributed by atoms with van der Waals surface area (Å²) < 4.78 is 10.3. The Bertz CT molecular complexity index is 607. The summed E-state index contributed by atoms with van der Waals surface area (Å²) in [4.78, 5) is 11.5. The van der Waals surface area contributed by atoms with Gasteiger partial charge in [0, 0.05) is 11.8 Å². The summed E-state index contributed by atoms with van der Waals surface area (Å²) in [5, 5.41) is 9.47. The summed E-state index contributed by atoms with van der Waals surface area (Å²) in [7, 11) is 3.23. The minimum absolute atomic E-state index is 0.0109. The van der Waals surface area contributed by atoms with Crippen LogP contribution in [0.3, 0.4) is 0 Å². The normalized spacial score (nSPS) is 22.9. The fourth-order valence-electron chi connectivity index (χ4n) is 3.10. The smallest absolute Gasteiger partial charge is 0.307 e. The van der Waals surface area contributed by atoms with Gasteiger partial charge >= 0.3 is 5.97 Å². The second kappa shape index (κ2) is 5.72. The van der Waals surface area contributed by atoms with Crippen molar-refractivity contribution in [3.63, 3.8) is 0 Å². The molecule has 0 unspecified atom stereocenters. The Morgan fingerprint density at radius 1 is 0.818 bits per heavy atom. The first kappa shape index (κ1) is 14.4. The zero-order valence-corrected chi connectivity index (χ0v) is 12.5. The van der Waals surface area contributed by atoms with E-state index in [2.05, 4.69) is 0 Å². The van der Waals surface area contributed by atoms with Crippen molar-refractivity contribution >= 4 is 5.97 Å². The van der Waals surface area contributed by atoms with Gasteiger partial charge in [0.25, 0.3) is 0 Å². The maximum atomic E-state index is 11.5. The Labute approximate surface area is 129 Å². The summed E-state index contributed by atoms with van der Waals surface area (Å²) in [6.45, 7) is 0. The number of rotatable bonds is 5. The van der Waals surface area contributed by atoms with Crippen LogP contribution in [-0.2, 0) is 4.79 Å². The van der Waals surface area contributed by atoms with Gasteiger partial charge in [0.15, 0.2) is 0 Å². The molecule has 0 amide bonds. The lowest BCUT2D eigenvalue weighted by Gasteiger charge is -2.04. The van der Waals surface area contributed by atoms with Gasteiger partial charge in [0.05, 0.1) is 20.1 Å². The number of methoxy groups -OCH3 is 2. The molecule has 0 radical (unpaired) electrons. The van der Waals surface area contributed by atoms with Gasteiger partial charge in [-0.2, -0.15) is 0 Å². The van der Waals surface area contributed by atoms with Gasteiger partial charge in [0.2, 0.25) is 0 Å². The van der Waals surface area contributed by atoms with Gasteiger partial charge < -0.3 is 14.6 Å². The molecule has 1 aliphatic carbocycles. The fourth-order valence-corrected chi connectivity index (χ4v) is 3.10. The lowest BCUT2D eigenvalue weighted by molar-refractivity contribution is -0.138. The van der Waals surface area contributed by atoms with E-state index in [0.29, 0.717) is 0 Å². The van der Waals surface area contributed by atoms with Crippen molar-refractivity contribution in [3.8, 4) is 11.5 Å². The molecular formula is C18H18O4. The van der Waals surface area contributed by atoms with Gasteiger partial charge in [-0.15, -0.1) is 0 Å². The Balaban J connectivity index is 1.87. The molecule has 2 aromatic rings. The van der Waals surface area contributed by atoms with Crippen molar-refractivity contribution < 1.29 is 19.4 Å². The Kier molecular flexibility index (Phi) is 3.75. The molecule has 1 saturated carbocycles. The maximum absolute atomic E-state index is 11.5. The number of carboxylic acids is 1. The van der Waals surface area contributed by atoms with Crippen molar-refractivity contribution in [1.82, 2.24) is 0 Å². The van der Waals surface area contributed by atoms with E-state index in [9.17, 15) is 9.90 Å². The highest BCUT2D eigenvalue weighted by atomic mass is 16.5. The molecule has 1 fully saturated rings. The van der Waals surface area contributed by atoms with E-state index in [1.54, 1.807) is 14.2 Å². The van der Waals surface area contributed by atoms with Crippen LogP contribution in [0.25, 0.3) is 0 Å². The van der Waals surface area contributed by atoms with E-state index in [-0.39, 0.29) is 17.8 Å². The average molecular weight is 298 g/mol. The number of carboxylic acid groups (broad SMARTS) is 1. The van der Waals surface area contributed by atoms with Gasteiger partial charge in [-0.1, -0.05) is 24.3 Å². The van der Waals surface area contributed by atoms with E-state index in [4.69, 9.17) is 9.47 Å². The number of hydrogen-bond donors (Lipinski definition) is 1. The third kappa shape index (κ3) is 2.52. The minimum atomic E-state index is -0.748. The molecule has 114 valence electrons. The van der Waals surface area contributed by atoms with Crippen molar-refractivity contribution in [2.75, 3.05) is 14.2 Å². The first-order chi connectivity index (χ1) is 10.7. The number of carbonyl (C=O) groups is 1. The van der Waals surface area contributed by atoms with Crippen molar-refractivity contribution in [3.05, 3.63) is 59.7 Å². The fraction of sp³-hybridized carbons (Fsp3) is 0.278. The molecule has 4 nitrogen and oxygen atoms in total. The zero-order valence-electron chi connectivity index (χ0n) is 12.5. The van der Waals surface area contributed by atoms with Crippen LogP contribution in [0, 0.1) is 5.92 Å². The third-order valence-corrected chi connectivity index (χ3v) is 4.31. The highest BCUT2D eigenvalue weighted by Crippen LogP contribution is 2.60. The molecule has 2 aromatic carbocycles. The molecule has 0 heterocycles. The van der Waals surface area contributed by atoms with Crippen molar-refractivity contribution in [2.45, 2.75) is 11.8 Å². The lowest BCUT2D eigenvalue weighted by Crippen LogP contribution is -2.00. The number of benzene rings is 2. The highest BCUT2D eigenvalue weighted by Gasteiger charge is 2.56. The number of aliphatic carboxylic acids is 1. The Morgan fingerprint density at radius 2 is 1.18 bits per heavy atom. The first-order valence-corrected chi connectivity index (χ1v) is 7.16. The molecule has 2 atom stereocenters. The monoisotopic (exact) mass is 298 g/mol. The SMILES string of the molecule is COc1ccc([C@@H]2C(C(=O)O)[C@H]2c2ccc(OC)cc2)cc1. The average Bonchev–Trinajstić information content (AvgIpc) is 3.31. The van der Waals surface area contributed by atoms with E-state index >= 15 is 0 Å². The second-order valence-corrected chi connectivity index (χ2v) is 5.46. The molecule has 0 saturated heterocycles. The molecule has 0 aromatic heterocycles. The predicted octanol–water partition coefficient (Wildman–Crippen LogP) is 3.29. The van der Waals surface area contributed by atoms with E-state index in [0.717, 1.165) is 22.6 Å². The van der Waals surface area contributed by atoms with Crippen LogP contribution < -0.4 is 9.47 Å². The predicted molar refractivity (Wildman–Crippen MR) is 82.6 cm³/mol. The van der Waals surface area contributed by atoms with Crippen LogP contribution in [0.15, 0.2) is 48.5 Å². The standard InChI is InChI=1S/C18H18O4/c1-21-13-7-3-11(4-8-13)15-16(17(15)18(19)20)12-5-9-14(22-2)10-6-12/h3-10,15-17H,1-2H3,(H,19,20)/t15-,16-/m0/s1. The molecule has 1 aliphatic rings. The van der Waals surface area contributed by atoms with E-state index < -0.39 is 5.97 Å². The van der Waals surface area contributed by atoms with Gasteiger partial charge in [-0.25, -0.2) is 0 Å². The molecule has 0 bridgehead atoms. The van der Waals surface area contributed by atoms with Gasteiger partial charge in [-0.3, -0.25) is 4.79 Å². The van der Waals surface area contributed by atoms with Crippen LogP contribution in [-0.4, -0.2) is 25.3 Å². The zero-order chi connectivity index (χ0) is 15.7. The summed E-state index contributed by atoms with van der Waals surface area (Å²) in [6.07, 6.45) is 0. The van der Waals surface area contributed by atoms with Gasteiger partial charge in [-0.05, 0) is 35.4 Å². The van der Waals surface area contributed by atoms with Crippen LogP contribution in [0.1, 0.15) is 23.0 Å². The largest absolute Gasteiger partial charge is 0.497 e. The molecular weight excluding hydrogens is 280 g/mol. The third-order valence-electron chi connectivity index (χ3n) is 4.31. The summed E-state index contributed by atoms with van der Waals surface area (Å²) in [5.41, 5.74) is 2.07. The molecule has 3 rings (SSSR count). The van der Waals surface area contributed by atoms with Crippen LogP contribution >= 0.6 is 0 Å². The molecule has 0 aliphatic heterocycles. The van der Waals surface area contributed by atoms with Crippen LogP contribution in [0.2, 0.25) is 0 Å². The number of ether oxygens (including phenoxy) is 2. The van der Waals surface area contributed by atoms with E-state index in [1.807, 2.05) is 48.5 Å². The summed E-state index contributed by atoms with van der Waals surface area (Å²) in [5.74, 6) is 0.451. The van der Waals surface area contributed by atoms with E-state index in [1.165, 1.54) is 0 Å². The highest BCUT2D eigenvalue weighted by molar-refractivity contribution is 5.78. The van der Waals surface area contributed by atoms with Crippen molar-refractivity contribution in [2.24, 2.45) is 5.92 Å². The molecule has 4 heteroatoms. The minimum Gasteiger partial charge on any atom is -0.497 e. The topological polar surface area (TPSA) is 55.8 Å². The Hall–Kier alpha value is -2.49. The van der Waals surface area contributed by atoms with Gasteiger partial charge in [0.1, 0.15) is 11.5 Å². The molecule has 22 heavy (non-hydrogen) atoms. The quantitative estimate of drug-likeness (QED) is 0.920. The van der Waals surface area contributed by atoms with Crippen molar-refractivity contribution in [1.29, 1.82) is 0 Å². The molecule has 0 spiro atoms. The lowest BCUT2D eigenvalue weighted by atomic mass is 10.0. The summed E-state index contributed by atoms with van der Waals surface area (Å²) >= 11 is 0. The Morgan fingerprint density at radius 3 is 1.45 bits per heavy atom.